The molecule has 1 heterocycles. The molecule has 1 aromatic heterocycles. The average Bonchev–Trinajstić information content (AvgIpc) is 2.68. The van der Waals surface area contributed by atoms with Gasteiger partial charge < -0.3 is 5.11 Å². The standard InChI is InChI=1S/C11H11F2N3O/c1-16-6-7(14-15-16)5-10(17)8-3-2-4-9(12)11(8)13/h2-4,6,10,17H,5H2,1H3. The Kier molecular flexibility index (Phi) is 3.14. The zero-order valence-corrected chi connectivity index (χ0v) is 9.14. The van der Waals surface area contributed by atoms with Crippen LogP contribution in [-0.4, -0.2) is 20.1 Å². The largest absolute Gasteiger partial charge is 0.388 e. The van der Waals surface area contributed by atoms with Crippen molar-refractivity contribution in [1.82, 2.24) is 15.0 Å². The number of aryl methyl sites for hydroxylation is 1. The van der Waals surface area contributed by atoms with E-state index in [-0.39, 0.29) is 12.0 Å². The summed E-state index contributed by atoms with van der Waals surface area (Å²) < 4.78 is 27.8. The first-order valence-electron chi connectivity index (χ1n) is 5.05. The molecule has 0 aliphatic heterocycles. The summed E-state index contributed by atoms with van der Waals surface area (Å²) in [4.78, 5) is 0. The molecule has 1 N–H and O–H groups in total. The summed E-state index contributed by atoms with van der Waals surface area (Å²) in [5, 5.41) is 17.3. The van der Waals surface area contributed by atoms with Crippen molar-refractivity contribution in [3.8, 4) is 0 Å². The quantitative estimate of drug-likeness (QED) is 0.880. The maximum Gasteiger partial charge on any atom is 0.164 e. The summed E-state index contributed by atoms with van der Waals surface area (Å²) >= 11 is 0. The second-order valence-corrected chi connectivity index (χ2v) is 3.75. The van der Waals surface area contributed by atoms with Crippen LogP contribution in [0.3, 0.4) is 0 Å². The summed E-state index contributed by atoms with van der Waals surface area (Å²) in [5.41, 5.74) is 0.444. The van der Waals surface area contributed by atoms with Gasteiger partial charge in [-0.2, -0.15) is 0 Å². The van der Waals surface area contributed by atoms with E-state index >= 15 is 0 Å². The monoisotopic (exact) mass is 239 g/mol. The van der Waals surface area contributed by atoms with Gasteiger partial charge in [-0.1, -0.05) is 17.3 Å². The van der Waals surface area contributed by atoms with Crippen LogP contribution in [-0.2, 0) is 13.5 Å². The molecule has 1 atom stereocenters. The summed E-state index contributed by atoms with van der Waals surface area (Å²) in [6, 6.07) is 3.71. The third kappa shape index (κ3) is 2.47. The minimum absolute atomic E-state index is 0.0735. The normalized spacial score (nSPS) is 12.7. The van der Waals surface area contributed by atoms with E-state index in [1.54, 1.807) is 13.2 Å². The van der Waals surface area contributed by atoms with Crippen LogP contribution >= 0.6 is 0 Å². The highest BCUT2D eigenvalue weighted by molar-refractivity contribution is 5.22. The Labute approximate surface area is 96.5 Å². The fourth-order valence-corrected chi connectivity index (χ4v) is 1.57. The number of hydrogen-bond donors (Lipinski definition) is 1. The van der Waals surface area contributed by atoms with Gasteiger partial charge in [-0.05, 0) is 6.07 Å². The lowest BCUT2D eigenvalue weighted by molar-refractivity contribution is 0.171. The van der Waals surface area contributed by atoms with E-state index in [0.29, 0.717) is 5.69 Å². The Bertz CT molecular complexity index is 527. The minimum Gasteiger partial charge on any atom is -0.388 e. The fraction of sp³-hybridized carbons (Fsp3) is 0.273. The maximum absolute atomic E-state index is 13.4. The van der Waals surface area contributed by atoms with Crippen molar-refractivity contribution in [3.63, 3.8) is 0 Å². The van der Waals surface area contributed by atoms with Crippen LogP contribution in [0, 0.1) is 11.6 Å². The number of nitrogens with zero attached hydrogens (tertiary/aromatic N) is 3. The first-order chi connectivity index (χ1) is 8.08. The summed E-state index contributed by atoms with van der Waals surface area (Å²) in [7, 11) is 1.69. The van der Waals surface area contributed by atoms with E-state index in [2.05, 4.69) is 10.3 Å². The first kappa shape index (κ1) is 11.7. The number of benzene rings is 1. The predicted octanol–water partition coefficient (Wildman–Crippen LogP) is 1.37. The van der Waals surface area contributed by atoms with Crippen molar-refractivity contribution in [2.75, 3.05) is 0 Å². The van der Waals surface area contributed by atoms with E-state index in [1.165, 1.54) is 16.8 Å². The molecule has 2 rings (SSSR count). The zero-order chi connectivity index (χ0) is 12.4. The highest BCUT2D eigenvalue weighted by Gasteiger charge is 2.17. The number of hydrogen-bond acceptors (Lipinski definition) is 3. The van der Waals surface area contributed by atoms with Crippen molar-refractivity contribution in [2.45, 2.75) is 12.5 Å². The Hall–Kier alpha value is -1.82. The predicted molar refractivity (Wildman–Crippen MR) is 56.0 cm³/mol. The first-order valence-corrected chi connectivity index (χ1v) is 5.05. The molecule has 6 heteroatoms. The van der Waals surface area contributed by atoms with Gasteiger partial charge in [-0.3, -0.25) is 4.68 Å². The molecule has 0 radical (unpaired) electrons. The van der Waals surface area contributed by atoms with Gasteiger partial charge >= 0.3 is 0 Å². The molecule has 1 unspecified atom stereocenters. The molecule has 0 fully saturated rings. The molecule has 0 saturated heterocycles. The number of aromatic nitrogens is 3. The van der Waals surface area contributed by atoms with E-state index in [0.717, 1.165) is 6.07 Å². The third-order valence-electron chi connectivity index (χ3n) is 2.39. The molecular formula is C11H11F2N3O. The Morgan fingerprint density at radius 2 is 2.18 bits per heavy atom. The van der Waals surface area contributed by atoms with Crippen molar-refractivity contribution >= 4 is 0 Å². The molecule has 0 amide bonds. The lowest BCUT2D eigenvalue weighted by Crippen LogP contribution is -2.06. The minimum atomic E-state index is -1.14. The number of halogens is 2. The average molecular weight is 239 g/mol. The fourth-order valence-electron chi connectivity index (χ4n) is 1.57. The molecule has 0 spiro atoms. The van der Waals surface area contributed by atoms with Crippen molar-refractivity contribution in [1.29, 1.82) is 0 Å². The third-order valence-corrected chi connectivity index (χ3v) is 2.39. The Morgan fingerprint density at radius 3 is 2.82 bits per heavy atom. The lowest BCUT2D eigenvalue weighted by Gasteiger charge is -2.10. The maximum atomic E-state index is 13.4. The van der Waals surface area contributed by atoms with Gasteiger partial charge in [-0.25, -0.2) is 8.78 Å². The van der Waals surface area contributed by atoms with E-state index in [9.17, 15) is 13.9 Å². The van der Waals surface area contributed by atoms with Crippen LogP contribution in [0.25, 0.3) is 0 Å². The summed E-state index contributed by atoms with van der Waals surface area (Å²) in [6.07, 6.45) is 0.566. The summed E-state index contributed by atoms with van der Waals surface area (Å²) in [6.45, 7) is 0. The van der Waals surface area contributed by atoms with E-state index in [1.807, 2.05) is 0 Å². The molecular weight excluding hydrogens is 228 g/mol. The van der Waals surface area contributed by atoms with Crippen molar-refractivity contribution in [2.24, 2.45) is 7.05 Å². The van der Waals surface area contributed by atoms with Gasteiger partial charge in [0.25, 0.3) is 0 Å². The Morgan fingerprint density at radius 1 is 1.41 bits per heavy atom. The van der Waals surface area contributed by atoms with Gasteiger partial charge in [0.1, 0.15) is 0 Å². The molecule has 0 saturated carbocycles. The van der Waals surface area contributed by atoms with Gasteiger partial charge in [0.15, 0.2) is 11.6 Å². The topological polar surface area (TPSA) is 50.9 Å². The van der Waals surface area contributed by atoms with Crippen molar-refractivity contribution in [3.05, 3.63) is 47.3 Å². The van der Waals surface area contributed by atoms with Crippen LogP contribution in [0.4, 0.5) is 8.78 Å². The number of aliphatic hydroxyl groups excluding tert-OH is 1. The molecule has 0 bridgehead atoms. The van der Waals surface area contributed by atoms with Crippen LogP contribution in [0.1, 0.15) is 17.4 Å². The van der Waals surface area contributed by atoms with Crippen LogP contribution < -0.4 is 0 Å². The lowest BCUT2D eigenvalue weighted by atomic mass is 10.0. The molecule has 90 valence electrons. The second-order valence-electron chi connectivity index (χ2n) is 3.75. The van der Waals surface area contributed by atoms with Gasteiger partial charge in [-0.15, -0.1) is 5.10 Å². The van der Waals surface area contributed by atoms with Gasteiger partial charge in [0, 0.05) is 25.2 Å². The molecule has 17 heavy (non-hydrogen) atoms. The molecule has 4 nitrogen and oxygen atoms in total. The van der Waals surface area contributed by atoms with E-state index in [4.69, 9.17) is 0 Å². The summed E-state index contributed by atoms with van der Waals surface area (Å²) in [5.74, 6) is -2.00. The molecule has 0 aliphatic carbocycles. The molecule has 1 aromatic carbocycles. The van der Waals surface area contributed by atoms with Gasteiger partial charge in [0.2, 0.25) is 0 Å². The highest BCUT2D eigenvalue weighted by Crippen LogP contribution is 2.21. The smallest absolute Gasteiger partial charge is 0.164 e. The SMILES string of the molecule is Cn1cc(CC(O)c2cccc(F)c2F)nn1. The Balaban J connectivity index is 2.20. The van der Waals surface area contributed by atoms with E-state index < -0.39 is 17.7 Å². The number of aliphatic hydroxyl groups is 1. The highest BCUT2D eigenvalue weighted by atomic mass is 19.2. The number of rotatable bonds is 3. The van der Waals surface area contributed by atoms with Crippen LogP contribution in [0.2, 0.25) is 0 Å². The second kappa shape index (κ2) is 4.58. The van der Waals surface area contributed by atoms with Crippen molar-refractivity contribution < 1.29 is 13.9 Å². The van der Waals surface area contributed by atoms with Gasteiger partial charge in [0.05, 0.1) is 11.8 Å². The molecule has 2 aromatic rings. The van der Waals surface area contributed by atoms with Crippen LogP contribution in [0.5, 0.6) is 0 Å². The molecule has 0 aliphatic rings. The van der Waals surface area contributed by atoms with Crippen LogP contribution in [0.15, 0.2) is 24.4 Å². The zero-order valence-electron chi connectivity index (χ0n) is 9.14.